The van der Waals surface area contributed by atoms with Crippen molar-refractivity contribution in [2.75, 3.05) is 56.2 Å². The summed E-state index contributed by atoms with van der Waals surface area (Å²) in [4.78, 5) is 30.3. The fourth-order valence-corrected chi connectivity index (χ4v) is 5.14. The van der Waals surface area contributed by atoms with E-state index in [1.165, 1.54) is 11.3 Å². The summed E-state index contributed by atoms with van der Waals surface area (Å²) in [6, 6.07) is 8.27. The molecule has 1 unspecified atom stereocenters. The lowest BCUT2D eigenvalue weighted by atomic mass is 10.1. The number of nitrogens with zero attached hydrogens (tertiary/aromatic N) is 4. The number of H-pyrrole nitrogens is 1. The predicted octanol–water partition coefficient (Wildman–Crippen LogP) is 2.07. The maximum Gasteiger partial charge on any atom is 0.264 e. The van der Waals surface area contributed by atoms with Gasteiger partial charge in [0.15, 0.2) is 0 Å². The Hall–Kier alpha value is -2.49. The molecular weight excluding hydrogens is 400 g/mol. The Morgan fingerprint density at radius 3 is 2.83 bits per heavy atom. The standard InChI is InChI=1S/C21H26N6O2S/c1-26(14-5-4-8-22-13-14)18-17(20-23-15-6-2-3-7-16(15)30-20)19(28)25-21(24-18)27-9-11-29-12-10-27/h2-3,6-7,14,22H,4-5,8-13H2,1H3,(H,24,25,28). The molecule has 0 bridgehead atoms. The van der Waals surface area contributed by atoms with Crippen LogP contribution >= 0.6 is 11.3 Å². The molecule has 0 aliphatic carbocycles. The molecule has 0 saturated carbocycles. The van der Waals surface area contributed by atoms with Gasteiger partial charge in [-0.25, -0.2) is 4.98 Å². The largest absolute Gasteiger partial charge is 0.378 e. The number of thiazole rings is 1. The lowest BCUT2D eigenvalue weighted by molar-refractivity contribution is 0.122. The van der Waals surface area contributed by atoms with Crippen LogP contribution in [-0.2, 0) is 4.74 Å². The van der Waals surface area contributed by atoms with E-state index in [9.17, 15) is 4.79 Å². The molecule has 8 nitrogen and oxygen atoms in total. The maximum atomic E-state index is 13.3. The average Bonchev–Trinajstić information content (AvgIpc) is 3.23. The molecule has 5 rings (SSSR count). The predicted molar refractivity (Wildman–Crippen MR) is 121 cm³/mol. The first-order valence-corrected chi connectivity index (χ1v) is 11.3. The monoisotopic (exact) mass is 426 g/mol. The van der Waals surface area contributed by atoms with Crippen molar-refractivity contribution in [2.24, 2.45) is 0 Å². The topological polar surface area (TPSA) is 86.4 Å². The molecule has 4 heterocycles. The number of ether oxygens (including phenoxy) is 1. The van der Waals surface area contributed by atoms with Gasteiger partial charge >= 0.3 is 0 Å². The van der Waals surface area contributed by atoms with E-state index in [-0.39, 0.29) is 5.56 Å². The van der Waals surface area contributed by atoms with Crippen LogP contribution in [0.1, 0.15) is 12.8 Å². The molecule has 2 fully saturated rings. The Kier molecular flexibility index (Phi) is 5.41. The Labute approximate surface area is 178 Å². The number of aromatic nitrogens is 3. The number of para-hydroxylation sites is 1. The number of likely N-dealkylation sites (N-methyl/N-ethyl adjacent to an activating group) is 1. The van der Waals surface area contributed by atoms with Crippen molar-refractivity contribution >= 4 is 33.3 Å². The van der Waals surface area contributed by atoms with Gasteiger partial charge in [-0.3, -0.25) is 9.78 Å². The molecule has 2 N–H and O–H groups in total. The van der Waals surface area contributed by atoms with Crippen molar-refractivity contribution < 1.29 is 4.74 Å². The normalized spacial score (nSPS) is 19.9. The maximum absolute atomic E-state index is 13.3. The van der Waals surface area contributed by atoms with E-state index in [1.807, 2.05) is 31.3 Å². The second kappa shape index (κ2) is 8.33. The van der Waals surface area contributed by atoms with Gasteiger partial charge in [0.2, 0.25) is 5.95 Å². The van der Waals surface area contributed by atoms with Gasteiger partial charge in [-0.05, 0) is 31.5 Å². The number of benzene rings is 1. The molecule has 1 aromatic carbocycles. The average molecular weight is 427 g/mol. The number of hydrogen-bond acceptors (Lipinski definition) is 8. The van der Waals surface area contributed by atoms with E-state index in [0.717, 1.165) is 49.2 Å². The van der Waals surface area contributed by atoms with Crippen molar-refractivity contribution in [2.45, 2.75) is 18.9 Å². The van der Waals surface area contributed by atoms with Crippen molar-refractivity contribution in [3.05, 3.63) is 34.6 Å². The first kappa shape index (κ1) is 19.5. The fraction of sp³-hybridized carbons (Fsp3) is 0.476. The highest BCUT2D eigenvalue weighted by Gasteiger charge is 2.27. The van der Waals surface area contributed by atoms with Crippen LogP contribution in [0.4, 0.5) is 11.8 Å². The van der Waals surface area contributed by atoms with Crippen molar-refractivity contribution in [3.63, 3.8) is 0 Å². The number of morpholine rings is 1. The number of aromatic amines is 1. The minimum Gasteiger partial charge on any atom is -0.378 e. The van der Waals surface area contributed by atoms with E-state index in [4.69, 9.17) is 14.7 Å². The van der Waals surface area contributed by atoms with Crippen LogP contribution in [0.5, 0.6) is 0 Å². The zero-order valence-electron chi connectivity index (χ0n) is 17.1. The number of rotatable bonds is 4. The van der Waals surface area contributed by atoms with E-state index in [2.05, 4.69) is 20.1 Å². The Morgan fingerprint density at radius 2 is 2.07 bits per heavy atom. The summed E-state index contributed by atoms with van der Waals surface area (Å²) >= 11 is 1.54. The number of piperidine rings is 1. The molecule has 30 heavy (non-hydrogen) atoms. The summed E-state index contributed by atoms with van der Waals surface area (Å²) in [6.45, 7) is 4.64. The van der Waals surface area contributed by atoms with Crippen LogP contribution in [0.3, 0.4) is 0 Å². The van der Waals surface area contributed by atoms with Crippen LogP contribution in [0, 0.1) is 0 Å². The van der Waals surface area contributed by atoms with Gasteiger partial charge in [-0.2, -0.15) is 4.98 Å². The van der Waals surface area contributed by atoms with Crippen LogP contribution < -0.4 is 20.7 Å². The van der Waals surface area contributed by atoms with Gasteiger partial charge in [0.1, 0.15) is 16.4 Å². The minimum absolute atomic E-state index is 0.142. The summed E-state index contributed by atoms with van der Waals surface area (Å²) in [7, 11) is 2.04. The molecule has 2 aromatic heterocycles. The van der Waals surface area contributed by atoms with Crippen LogP contribution in [0.25, 0.3) is 20.8 Å². The van der Waals surface area contributed by atoms with Gasteiger partial charge in [0, 0.05) is 32.7 Å². The fourth-order valence-electron chi connectivity index (χ4n) is 4.14. The van der Waals surface area contributed by atoms with Crippen LogP contribution in [-0.4, -0.2) is 67.4 Å². The quantitative estimate of drug-likeness (QED) is 0.660. The van der Waals surface area contributed by atoms with Crippen molar-refractivity contribution in [1.29, 1.82) is 0 Å². The second-order valence-electron chi connectivity index (χ2n) is 7.79. The van der Waals surface area contributed by atoms with Gasteiger partial charge in [-0.15, -0.1) is 11.3 Å². The van der Waals surface area contributed by atoms with Crippen LogP contribution in [0.15, 0.2) is 29.1 Å². The Morgan fingerprint density at radius 1 is 1.23 bits per heavy atom. The Balaban J connectivity index is 1.63. The highest BCUT2D eigenvalue weighted by molar-refractivity contribution is 7.21. The first-order valence-electron chi connectivity index (χ1n) is 10.5. The Bertz CT molecular complexity index is 1050. The molecule has 158 valence electrons. The molecule has 2 aliphatic rings. The highest BCUT2D eigenvalue weighted by atomic mass is 32.1. The molecule has 2 saturated heterocycles. The van der Waals surface area contributed by atoms with E-state index in [1.54, 1.807) is 0 Å². The number of hydrogen-bond donors (Lipinski definition) is 2. The summed E-state index contributed by atoms with van der Waals surface area (Å²) in [5.41, 5.74) is 1.32. The molecule has 9 heteroatoms. The summed E-state index contributed by atoms with van der Waals surface area (Å²) in [5.74, 6) is 1.31. The van der Waals surface area contributed by atoms with E-state index >= 15 is 0 Å². The molecule has 0 spiro atoms. The molecule has 1 atom stereocenters. The van der Waals surface area contributed by atoms with Gasteiger partial charge in [0.05, 0.1) is 23.4 Å². The summed E-state index contributed by atoms with van der Waals surface area (Å²) in [6.07, 6.45) is 2.19. The first-order chi connectivity index (χ1) is 14.7. The molecular formula is C21H26N6O2S. The van der Waals surface area contributed by atoms with Crippen molar-refractivity contribution in [3.8, 4) is 10.6 Å². The number of anilines is 2. The third-order valence-electron chi connectivity index (χ3n) is 5.86. The summed E-state index contributed by atoms with van der Waals surface area (Å²) in [5, 5.41) is 4.18. The van der Waals surface area contributed by atoms with Gasteiger partial charge in [-0.1, -0.05) is 12.1 Å². The lowest BCUT2D eigenvalue weighted by Gasteiger charge is -2.34. The van der Waals surface area contributed by atoms with Gasteiger partial charge in [0.25, 0.3) is 5.56 Å². The zero-order valence-corrected chi connectivity index (χ0v) is 17.9. The SMILES string of the molecule is CN(c1nc(N2CCOCC2)[nH]c(=O)c1-c1nc2ccccc2s1)C1CCCNC1. The summed E-state index contributed by atoms with van der Waals surface area (Å²) < 4.78 is 6.53. The lowest BCUT2D eigenvalue weighted by Crippen LogP contribution is -2.45. The van der Waals surface area contributed by atoms with Gasteiger partial charge < -0.3 is 19.9 Å². The molecule has 0 amide bonds. The smallest absolute Gasteiger partial charge is 0.264 e. The van der Waals surface area contributed by atoms with Crippen LogP contribution in [0.2, 0.25) is 0 Å². The molecule has 3 aromatic rings. The third-order valence-corrected chi connectivity index (χ3v) is 6.91. The molecule has 2 aliphatic heterocycles. The minimum atomic E-state index is -0.142. The van der Waals surface area contributed by atoms with Crippen molar-refractivity contribution in [1.82, 2.24) is 20.3 Å². The highest BCUT2D eigenvalue weighted by Crippen LogP contribution is 2.34. The third kappa shape index (κ3) is 3.68. The number of nitrogens with one attached hydrogen (secondary N) is 2. The second-order valence-corrected chi connectivity index (χ2v) is 8.82. The zero-order chi connectivity index (χ0) is 20.5. The van der Waals surface area contributed by atoms with E-state index in [0.29, 0.717) is 41.6 Å². The number of fused-ring (bicyclic) bond motifs is 1. The van der Waals surface area contributed by atoms with E-state index < -0.39 is 0 Å². The molecule has 0 radical (unpaired) electrons.